The molecule has 1 N–H and O–H groups in total. The zero-order valence-corrected chi connectivity index (χ0v) is 12.4. The van der Waals surface area contributed by atoms with Gasteiger partial charge in [-0.05, 0) is 29.9 Å². The molecule has 3 rings (SSSR count). The van der Waals surface area contributed by atoms with Crippen LogP contribution in [0, 0.1) is 4.91 Å². The zero-order chi connectivity index (χ0) is 15.4. The molecule has 114 valence electrons. The van der Waals surface area contributed by atoms with Crippen LogP contribution in [-0.4, -0.2) is 22.7 Å². The number of hydrogen-bond acceptors (Lipinski definition) is 3. The summed E-state index contributed by atoms with van der Waals surface area (Å²) in [5.41, 5.74) is 2.09. The average Bonchev–Trinajstić information content (AvgIpc) is 2.62. The third-order valence-electron chi connectivity index (χ3n) is 4.50. The van der Waals surface area contributed by atoms with Crippen molar-refractivity contribution in [2.24, 2.45) is 5.29 Å². The van der Waals surface area contributed by atoms with Crippen LogP contribution in [0.25, 0.3) is 0 Å². The Bertz CT molecular complexity index is 603. The zero-order valence-electron chi connectivity index (χ0n) is 12.4. The van der Waals surface area contributed by atoms with Gasteiger partial charge in [-0.1, -0.05) is 60.7 Å². The van der Waals surface area contributed by atoms with Crippen LogP contribution in [-0.2, 0) is 0 Å². The van der Waals surface area contributed by atoms with Crippen LogP contribution in [0.2, 0.25) is 0 Å². The van der Waals surface area contributed by atoms with Gasteiger partial charge in [-0.15, -0.1) is 4.91 Å². The van der Waals surface area contributed by atoms with Crippen LogP contribution in [0.3, 0.4) is 0 Å². The number of benzene rings is 2. The van der Waals surface area contributed by atoms with Crippen LogP contribution < -0.4 is 0 Å². The van der Waals surface area contributed by atoms with Crippen LogP contribution in [0.5, 0.6) is 0 Å². The summed E-state index contributed by atoms with van der Waals surface area (Å²) >= 11 is 0. The molecule has 1 saturated heterocycles. The molecular formula is C18H20N2O2. The first-order valence-corrected chi connectivity index (χ1v) is 7.67. The highest BCUT2D eigenvalue weighted by molar-refractivity contribution is 5.23. The van der Waals surface area contributed by atoms with Gasteiger partial charge in [0.05, 0.1) is 11.3 Å². The predicted octanol–water partition coefficient (Wildman–Crippen LogP) is 3.65. The van der Waals surface area contributed by atoms with E-state index >= 15 is 0 Å². The second-order valence-corrected chi connectivity index (χ2v) is 5.80. The van der Waals surface area contributed by atoms with Gasteiger partial charge in [0.1, 0.15) is 6.10 Å². The van der Waals surface area contributed by atoms with Crippen molar-refractivity contribution in [3.63, 3.8) is 0 Å². The summed E-state index contributed by atoms with van der Waals surface area (Å²) in [6, 6.07) is 19.5. The Balaban J connectivity index is 1.82. The van der Waals surface area contributed by atoms with Crippen molar-refractivity contribution in [2.45, 2.75) is 30.9 Å². The molecule has 0 aliphatic carbocycles. The minimum atomic E-state index is -0.703. The van der Waals surface area contributed by atoms with Gasteiger partial charge < -0.3 is 5.11 Å². The third-order valence-corrected chi connectivity index (χ3v) is 4.50. The molecule has 0 saturated carbocycles. The number of nitroso groups, excluding NO2 is 1. The normalized spacial score (nSPS) is 23.0. The quantitative estimate of drug-likeness (QED) is 0.876. The van der Waals surface area contributed by atoms with Crippen LogP contribution in [0.15, 0.2) is 65.9 Å². The lowest BCUT2D eigenvalue weighted by molar-refractivity contribution is 0.0188. The summed E-state index contributed by atoms with van der Waals surface area (Å²) in [6.45, 7) is 0.581. The standard InChI is InChI=1S/C18H20N2O2/c21-18(15-9-5-2-6-10-15)17-13-16(11-12-20(17)19-22)14-7-3-1-4-8-14/h1-10,16-18,21H,11-13H2/t16-,17-,18?/m0/s1. The molecule has 0 bridgehead atoms. The van der Waals surface area contributed by atoms with E-state index in [1.54, 1.807) is 0 Å². The van der Waals surface area contributed by atoms with Crippen LogP contribution >= 0.6 is 0 Å². The predicted molar refractivity (Wildman–Crippen MR) is 86.1 cm³/mol. The molecule has 3 atom stereocenters. The molecule has 2 aromatic rings. The molecule has 22 heavy (non-hydrogen) atoms. The van der Waals surface area contributed by atoms with Crippen LogP contribution in [0.1, 0.15) is 36.0 Å². The maximum atomic E-state index is 11.1. The first kappa shape index (κ1) is 14.7. The number of aliphatic hydroxyl groups excluding tert-OH is 1. The van der Waals surface area contributed by atoms with E-state index in [-0.39, 0.29) is 6.04 Å². The van der Waals surface area contributed by atoms with E-state index in [0.717, 1.165) is 18.4 Å². The fraction of sp³-hybridized carbons (Fsp3) is 0.333. The summed E-state index contributed by atoms with van der Waals surface area (Å²) in [4.78, 5) is 11.1. The summed E-state index contributed by atoms with van der Waals surface area (Å²) in [7, 11) is 0. The van der Waals surface area contributed by atoms with Gasteiger partial charge >= 0.3 is 0 Å². The topological polar surface area (TPSA) is 52.9 Å². The number of aliphatic hydroxyl groups is 1. The van der Waals surface area contributed by atoms with E-state index in [1.165, 1.54) is 10.6 Å². The maximum Gasteiger partial charge on any atom is 0.101 e. The Morgan fingerprint density at radius 1 is 1.05 bits per heavy atom. The van der Waals surface area contributed by atoms with Crippen molar-refractivity contribution in [3.05, 3.63) is 76.7 Å². The lowest BCUT2D eigenvalue weighted by Gasteiger charge is -2.38. The molecule has 4 heteroatoms. The monoisotopic (exact) mass is 296 g/mol. The SMILES string of the molecule is O=NN1CC[C@H](c2ccccc2)C[C@H]1C(O)c1ccccc1. The van der Waals surface area contributed by atoms with Crippen molar-refractivity contribution in [2.75, 3.05) is 6.54 Å². The number of hydrogen-bond donors (Lipinski definition) is 1. The highest BCUT2D eigenvalue weighted by atomic mass is 16.3. The van der Waals surface area contributed by atoms with Gasteiger partial charge in [-0.2, -0.15) is 0 Å². The van der Waals surface area contributed by atoms with Gasteiger partial charge in [-0.25, -0.2) is 0 Å². The lowest BCUT2D eigenvalue weighted by Crippen LogP contribution is -2.42. The molecule has 1 unspecified atom stereocenters. The maximum absolute atomic E-state index is 11.1. The Morgan fingerprint density at radius 2 is 1.68 bits per heavy atom. The highest BCUT2D eigenvalue weighted by Gasteiger charge is 2.34. The van der Waals surface area contributed by atoms with E-state index in [1.807, 2.05) is 48.5 Å². The Labute approximate surface area is 130 Å². The minimum Gasteiger partial charge on any atom is -0.386 e. The van der Waals surface area contributed by atoms with Gasteiger partial charge in [-0.3, -0.25) is 5.01 Å². The number of rotatable bonds is 4. The number of nitrogens with zero attached hydrogens (tertiary/aromatic N) is 2. The van der Waals surface area contributed by atoms with E-state index < -0.39 is 6.10 Å². The van der Waals surface area contributed by atoms with E-state index in [4.69, 9.17) is 0 Å². The first-order chi connectivity index (χ1) is 10.8. The summed E-state index contributed by atoms with van der Waals surface area (Å²) in [6.07, 6.45) is 0.907. The van der Waals surface area contributed by atoms with Crippen molar-refractivity contribution >= 4 is 0 Å². The summed E-state index contributed by atoms with van der Waals surface area (Å²) in [5.74, 6) is 0.350. The minimum absolute atomic E-state index is 0.279. The van der Waals surface area contributed by atoms with Crippen molar-refractivity contribution in [1.82, 2.24) is 5.01 Å². The molecule has 0 aromatic heterocycles. The molecule has 1 fully saturated rings. The van der Waals surface area contributed by atoms with E-state index in [9.17, 15) is 10.0 Å². The molecule has 0 radical (unpaired) electrons. The molecule has 0 amide bonds. The lowest BCUT2D eigenvalue weighted by atomic mass is 9.83. The third kappa shape index (κ3) is 3.02. The molecule has 4 nitrogen and oxygen atoms in total. The second kappa shape index (κ2) is 6.71. The molecular weight excluding hydrogens is 276 g/mol. The van der Waals surface area contributed by atoms with Crippen molar-refractivity contribution in [1.29, 1.82) is 0 Å². The molecule has 1 aliphatic heterocycles. The number of piperidine rings is 1. The Hall–Kier alpha value is -2.20. The van der Waals surface area contributed by atoms with Gasteiger partial charge in [0.15, 0.2) is 0 Å². The van der Waals surface area contributed by atoms with E-state index in [0.29, 0.717) is 12.5 Å². The second-order valence-electron chi connectivity index (χ2n) is 5.80. The molecule has 1 heterocycles. The largest absolute Gasteiger partial charge is 0.386 e. The van der Waals surface area contributed by atoms with Crippen molar-refractivity contribution in [3.8, 4) is 0 Å². The first-order valence-electron chi connectivity index (χ1n) is 7.67. The average molecular weight is 296 g/mol. The highest BCUT2D eigenvalue weighted by Crippen LogP contribution is 2.36. The van der Waals surface area contributed by atoms with Crippen LogP contribution in [0.4, 0.5) is 0 Å². The van der Waals surface area contributed by atoms with E-state index in [2.05, 4.69) is 17.4 Å². The Morgan fingerprint density at radius 3 is 2.32 bits per heavy atom. The smallest absolute Gasteiger partial charge is 0.101 e. The fourth-order valence-corrected chi connectivity index (χ4v) is 3.28. The Kier molecular flexibility index (Phi) is 4.49. The fourth-order valence-electron chi connectivity index (χ4n) is 3.28. The summed E-state index contributed by atoms with van der Waals surface area (Å²) in [5, 5.41) is 15.3. The van der Waals surface area contributed by atoms with Gasteiger partial charge in [0.25, 0.3) is 0 Å². The summed E-state index contributed by atoms with van der Waals surface area (Å²) < 4.78 is 0. The van der Waals surface area contributed by atoms with Gasteiger partial charge in [0, 0.05) is 6.54 Å². The van der Waals surface area contributed by atoms with Gasteiger partial charge in [0.2, 0.25) is 0 Å². The molecule has 1 aliphatic rings. The molecule has 2 aromatic carbocycles. The molecule has 0 spiro atoms. The van der Waals surface area contributed by atoms with Crippen molar-refractivity contribution < 1.29 is 5.11 Å².